The summed E-state index contributed by atoms with van der Waals surface area (Å²) in [6, 6.07) is 29.8. The van der Waals surface area contributed by atoms with Crippen LogP contribution in [0, 0.1) is 5.92 Å². The maximum Gasteiger partial charge on any atom is 0.228 e. The molecule has 0 bridgehead atoms. The van der Waals surface area contributed by atoms with Crippen LogP contribution in [0.1, 0.15) is 24.1 Å². The summed E-state index contributed by atoms with van der Waals surface area (Å²) in [7, 11) is 4.02. The maximum absolute atomic E-state index is 12.8. The first-order valence-electron chi connectivity index (χ1n) is 12.2. The van der Waals surface area contributed by atoms with Crippen molar-refractivity contribution in [3.8, 4) is 0 Å². The van der Waals surface area contributed by atoms with Gasteiger partial charge in [0.25, 0.3) is 0 Å². The Morgan fingerprint density at radius 2 is 1.35 bits per heavy atom. The molecule has 4 rings (SSSR count). The second-order valence-electron chi connectivity index (χ2n) is 9.39. The van der Waals surface area contributed by atoms with E-state index in [2.05, 4.69) is 75.8 Å². The van der Waals surface area contributed by atoms with E-state index in [4.69, 9.17) is 0 Å². The number of hydrogen-bond donors (Lipinski definition) is 1. The minimum atomic E-state index is -0.0703. The van der Waals surface area contributed by atoms with Crippen LogP contribution in [-0.2, 0) is 4.79 Å². The van der Waals surface area contributed by atoms with Gasteiger partial charge < -0.3 is 15.1 Å². The van der Waals surface area contributed by atoms with Gasteiger partial charge in [-0.2, -0.15) is 0 Å². The van der Waals surface area contributed by atoms with Crippen LogP contribution < -0.4 is 10.2 Å². The second kappa shape index (κ2) is 11.3. The van der Waals surface area contributed by atoms with Gasteiger partial charge in [0.05, 0.1) is 6.04 Å². The Labute approximate surface area is 204 Å². The smallest absolute Gasteiger partial charge is 0.228 e. The van der Waals surface area contributed by atoms with Gasteiger partial charge in [-0.15, -0.1) is 0 Å². The zero-order chi connectivity index (χ0) is 23.9. The third-order valence-corrected chi connectivity index (χ3v) is 6.63. The number of piperazine rings is 1. The van der Waals surface area contributed by atoms with E-state index in [0.29, 0.717) is 0 Å². The molecular weight excluding hydrogens is 420 g/mol. The molecule has 5 heteroatoms. The van der Waals surface area contributed by atoms with Gasteiger partial charge in [-0.1, -0.05) is 67.6 Å². The van der Waals surface area contributed by atoms with Crippen molar-refractivity contribution in [2.24, 2.45) is 5.92 Å². The quantitative estimate of drug-likeness (QED) is 0.532. The molecule has 5 nitrogen and oxygen atoms in total. The summed E-state index contributed by atoms with van der Waals surface area (Å²) in [5.74, 6) is 0.00518. The number of benzene rings is 3. The highest BCUT2D eigenvalue weighted by molar-refractivity contribution is 5.92. The first kappa shape index (κ1) is 24.0. The lowest BCUT2D eigenvalue weighted by Gasteiger charge is -2.40. The van der Waals surface area contributed by atoms with Gasteiger partial charge in [0.15, 0.2) is 0 Å². The molecule has 0 radical (unpaired) electrons. The van der Waals surface area contributed by atoms with E-state index in [1.54, 1.807) is 0 Å². The summed E-state index contributed by atoms with van der Waals surface area (Å²) in [6.07, 6.45) is 0. The summed E-state index contributed by atoms with van der Waals surface area (Å²) >= 11 is 0. The molecule has 1 amide bonds. The van der Waals surface area contributed by atoms with Crippen LogP contribution in [0.5, 0.6) is 0 Å². The summed E-state index contributed by atoms with van der Waals surface area (Å²) < 4.78 is 0. The fourth-order valence-electron chi connectivity index (χ4n) is 4.67. The van der Waals surface area contributed by atoms with Gasteiger partial charge in [-0.05, 0) is 35.4 Å². The van der Waals surface area contributed by atoms with Crippen molar-refractivity contribution in [3.63, 3.8) is 0 Å². The fourth-order valence-corrected chi connectivity index (χ4v) is 4.67. The Kier molecular flexibility index (Phi) is 7.99. The van der Waals surface area contributed by atoms with Crippen LogP contribution in [0.4, 0.5) is 11.4 Å². The summed E-state index contributed by atoms with van der Waals surface area (Å²) in [4.78, 5) is 19.8. The van der Waals surface area contributed by atoms with Crippen LogP contribution in [-0.4, -0.2) is 62.5 Å². The third kappa shape index (κ3) is 6.04. The van der Waals surface area contributed by atoms with Gasteiger partial charge in [0.1, 0.15) is 0 Å². The van der Waals surface area contributed by atoms with Crippen molar-refractivity contribution >= 4 is 17.3 Å². The normalized spacial score (nSPS) is 15.8. The third-order valence-electron chi connectivity index (χ3n) is 6.63. The topological polar surface area (TPSA) is 38.8 Å². The lowest BCUT2D eigenvalue weighted by molar-refractivity contribution is -0.120. The minimum Gasteiger partial charge on any atom is -0.378 e. The summed E-state index contributed by atoms with van der Waals surface area (Å²) in [5.41, 5.74) is 4.62. The standard InChI is InChI=1S/C29H36N4O/c1-23(29(34)30-26-14-16-27(17-15-26)31(2)3)22-32-18-20-33(21-19-32)28(24-10-6-4-7-11-24)25-12-8-5-9-13-25/h4-17,23,28H,18-22H2,1-3H3,(H,30,34). The summed E-state index contributed by atoms with van der Waals surface area (Å²) in [6.45, 7) is 6.68. The lowest BCUT2D eigenvalue weighted by Crippen LogP contribution is -2.49. The van der Waals surface area contributed by atoms with E-state index in [0.717, 1.165) is 44.1 Å². The van der Waals surface area contributed by atoms with Crippen LogP contribution in [0.25, 0.3) is 0 Å². The number of anilines is 2. The van der Waals surface area contributed by atoms with E-state index < -0.39 is 0 Å². The van der Waals surface area contributed by atoms with E-state index in [9.17, 15) is 4.79 Å². The monoisotopic (exact) mass is 456 g/mol. The Bertz CT molecular complexity index is 989. The van der Waals surface area contributed by atoms with E-state index in [1.807, 2.05) is 50.2 Å². The van der Waals surface area contributed by atoms with Crippen molar-refractivity contribution in [1.29, 1.82) is 0 Å². The molecular formula is C29H36N4O. The highest BCUT2D eigenvalue weighted by Crippen LogP contribution is 2.29. The zero-order valence-electron chi connectivity index (χ0n) is 20.5. The Morgan fingerprint density at radius 3 is 1.85 bits per heavy atom. The molecule has 1 aliphatic rings. The predicted octanol–water partition coefficient (Wildman–Crippen LogP) is 4.73. The molecule has 3 aromatic rings. The molecule has 0 aliphatic carbocycles. The van der Waals surface area contributed by atoms with E-state index in [-0.39, 0.29) is 17.9 Å². The van der Waals surface area contributed by atoms with Crippen LogP contribution in [0.3, 0.4) is 0 Å². The molecule has 0 spiro atoms. The molecule has 1 N–H and O–H groups in total. The molecule has 1 aliphatic heterocycles. The maximum atomic E-state index is 12.8. The number of nitrogens with zero attached hydrogens (tertiary/aromatic N) is 3. The molecule has 1 heterocycles. The van der Waals surface area contributed by atoms with Gasteiger partial charge in [-0.3, -0.25) is 9.69 Å². The highest BCUT2D eigenvalue weighted by atomic mass is 16.1. The number of nitrogens with one attached hydrogen (secondary N) is 1. The number of hydrogen-bond acceptors (Lipinski definition) is 4. The molecule has 1 fully saturated rings. The van der Waals surface area contributed by atoms with Crippen LogP contribution >= 0.6 is 0 Å². The van der Waals surface area contributed by atoms with Crippen molar-refractivity contribution in [3.05, 3.63) is 96.1 Å². The van der Waals surface area contributed by atoms with Gasteiger partial charge >= 0.3 is 0 Å². The molecule has 1 atom stereocenters. The van der Waals surface area contributed by atoms with Crippen molar-refractivity contribution in [1.82, 2.24) is 9.80 Å². The molecule has 3 aromatic carbocycles. The average molecular weight is 457 g/mol. The molecule has 0 aromatic heterocycles. The molecule has 0 saturated carbocycles. The predicted molar refractivity (Wildman–Crippen MR) is 141 cm³/mol. The zero-order valence-corrected chi connectivity index (χ0v) is 20.5. The number of carbonyl (C=O) groups excluding carboxylic acids is 1. The highest BCUT2D eigenvalue weighted by Gasteiger charge is 2.27. The average Bonchev–Trinajstić information content (AvgIpc) is 2.87. The Balaban J connectivity index is 1.33. The molecule has 34 heavy (non-hydrogen) atoms. The van der Waals surface area contributed by atoms with Crippen LogP contribution in [0.2, 0.25) is 0 Å². The Hall–Kier alpha value is -3.15. The number of amides is 1. The minimum absolute atomic E-state index is 0.0703. The molecule has 1 saturated heterocycles. The second-order valence-corrected chi connectivity index (χ2v) is 9.39. The van der Waals surface area contributed by atoms with Gasteiger partial charge in [0, 0.05) is 64.1 Å². The van der Waals surface area contributed by atoms with Gasteiger partial charge in [0.2, 0.25) is 5.91 Å². The van der Waals surface area contributed by atoms with Gasteiger partial charge in [-0.25, -0.2) is 0 Å². The first-order valence-corrected chi connectivity index (χ1v) is 12.2. The first-order chi connectivity index (χ1) is 16.5. The van der Waals surface area contributed by atoms with E-state index in [1.165, 1.54) is 11.1 Å². The van der Waals surface area contributed by atoms with Crippen LogP contribution in [0.15, 0.2) is 84.9 Å². The largest absolute Gasteiger partial charge is 0.378 e. The molecule has 178 valence electrons. The van der Waals surface area contributed by atoms with Crippen molar-refractivity contribution in [2.45, 2.75) is 13.0 Å². The summed E-state index contributed by atoms with van der Waals surface area (Å²) in [5, 5.41) is 3.07. The SMILES string of the molecule is CC(CN1CCN(C(c2ccccc2)c2ccccc2)CC1)C(=O)Nc1ccc(N(C)C)cc1. The van der Waals surface area contributed by atoms with Crippen molar-refractivity contribution in [2.75, 3.05) is 57.0 Å². The van der Waals surface area contributed by atoms with Crippen molar-refractivity contribution < 1.29 is 4.79 Å². The number of carbonyl (C=O) groups is 1. The van der Waals surface area contributed by atoms with E-state index >= 15 is 0 Å². The fraction of sp³-hybridized carbons (Fsp3) is 0.345. The Morgan fingerprint density at radius 1 is 0.824 bits per heavy atom. The lowest BCUT2D eigenvalue weighted by atomic mass is 9.96. The number of rotatable bonds is 8. The molecule has 1 unspecified atom stereocenters.